The van der Waals surface area contributed by atoms with Gasteiger partial charge in [-0.3, -0.25) is 4.79 Å². The molecule has 6 nitrogen and oxygen atoms in total. The highest BCUT2D eigenvalue weighted by molar-refractivity contribution is 6.31. The number of benzene rings is 4. The number of halogens is 1. The van der Waals surface area contributed by atoms with Gasteiger partial charge in [-0.25, -0.2) is 4.79 Å². The quantitative estimate of drug-likeness (QED) is 0.259. The van der Waals surface area contributed by atoms with Crippen molar-refractivity contribution in [2.75, 3.05) is 12.4 Å². The molecular formula is C29H24ClNO5. The minimum absolute atomic E-state index is 0.117. The minimum atomic E-state index is -0.580. The van der Waals surface area contributed by atoms with Crippen molar-refractivity contribution in [2.45, 2.75) is 13.0 Å². The molecule has 0 saturated carbocycles. The molecule has 36 heavy (non-hydrogen) atoms. The van der Waals surface area contributed by atoms with E-state index in [1.165, 1.54) is 13.2 Å². The van der Waals surface area contributed by atoms with E-state index in [0.717, 1.165) is 11.1 Å². The summed E-state index contributed by atoms with van der Waals surface area (Å²) in [6, 6.07) is 29.2. The van der Waals surface area contributed by atoms with E-state index in [1.807, 2.05) is 66.7 Å². The van der Waals surface area contributed by atoms with Crippen LogP contribution in [0.5, 0.6) is 17.2 Å². The summed E-state index contributed by atoms with van der Waals surface area (Å²) in [5.74, 6) is 1.12. The fraction of sp³-hybridized carbons (Fsp3) is 0.103. The van der Waals surface area contributed by atoms with Gasteiger partial charge in [-0.1, -0.05) is 60.1 Å². The molecule has 0 aromatic heterocycles. The SMILES string of the molecule is COC(=O)c1cc(Cl)ccc1NC(=O)Cc1ccc(Oc2cccc(OCc3ccccc3)c2)cc1. The number of carbonyl (C=O) groups is 2. The molecule has 0 saturated heterocycles. The lowest BCUT2D eigenvalue weighted by atomic mass is 10.1. The Balaban J connectivity index is 1.34. The highest BCUT2D eigenvalue weighted by Crippen LogP contribution is 2.26. The van der Waals surface area contributed by atoms with Crippen molar-refractivity contribution in [1.82, 2.24) is 0 Å². The summed E-state index contributed by atoms with van der Waals surface area (Å²) in [7, 11) is 1.27. The molecule has 0 aliphatic carbocycles. The van der Waals surface area contributed by atoms with Crippen LogP contribution in [0.1, 0.15) is 21.5 Å². The molecule has 1 N–H and O–H groups in total. The zero-order valence-corrected chi connectivity index (χ0v) is 20.3. The van der Waals surface area contributed by atoms with Crippen LogP contribution in [0.3, 0.4) is 0 Å². The number of anilines is 1. The number of amides is 1. The Morgan fingerprint density at radius 1 is 0.778 bits per heavy atom. The van der Waals surface area contributed by atoms with Gasteiger partial charge in [0.25, 0.3) is 0 Å². The predicted octanol–water partition coefficient (Wildman–Crippen LogP) is 6.68. The van der Waals surface area contributed by atoms with E-state index >= 15 is 0 Å². The molecule has 0 unspecified atom stereocenters. The van der Waals surface area contributed by atoms with E-state index in [-0.39, 0.29) is 17.9 Å². The average molecular weight is 502 g/mol. The molecule has 0 bridgehead atoms. The van der Waals surface area contributed by atoms with Crippen LogP contribution in [-0.4, -0.2) is 19.0 Å². The van der Waals surface area contributed by atoms with E-state index in [4.69, 9.17) is 25.8 Å². The number of rotatable bonds is 9. The molecular weight excluding hydrogens is 478 g/mol. The first-order valence-electron chi connectivity index (χ1n) is 11.2. The lowest BCUT2D eigenvalue weighted by Crippen LogP contribution is -2.17. The van der Waals surface area contributed by atoms with Gasteiger partial charge in [-0.15, -0.1) is 0 Å². The van der Waals surface area contributed by atoms with Crippen LogP contribution in [-0.2, 0) is 22.6 Å². The van der Waals surface area contributed by atoms with Gasteiger partial charge in [0.05, 0.1) is 24.8 Å². The van der Waals surface area contributed by atoms with Crippen LogP contribution in [0, 0.1) is 0 Å². The molecule has 0 heterocycles. The molecule has 4 rings (SSSR count). The summed E-state index contributed by atoms with van der Waals surface area (Å²) in [6.45, 7) is 0.470. The molecule has 0 aliphatic heterocycles. The van der Waals surface area contributed by atoms with E-state index in [2.05, 4.69) is 5.32 Å². The van der Waals surface area contributed by atoms with E-state index in [0.29, 0.717) is 34.6 Å². The fourth-order valence-corrected chi connectivity index (χ4v) is 3.64. The summed E-state index contributed by atoms with van der Waals surface area (Å²) in [5, 5.41) is 3.11. The first kappa shape index (κ1) is 24.8. The number of methoxy groups -OCH3 is 1. The highest BCUT2D eigenvalue weighted by atomic mass is 35.5. The van der Waals surface area contributed by atoms with Gasteiger partial charge in [0.15, 0.2) is 0 Å². The lowest BCUT2D eigenvalue weighted by molar-refractivity contribution is -0.115. The molecule has 0 radical (unpaired) electrons. The Bertz CT molecular complexity index is 1340. The second kappa shape index (κ2) is 11.9. The maximum Gasteiger partial charge on any atom is 0.340 e. The zero-order chi connectivity index (χ0) is 25.3. The largest absolute Gasteiger partial charge is 0.489 e. The predicted molar refractivity (Wildman–Crippen MR) is 139 cm³/mol. The third-order valence-electron chi connectivity index (χ3n) is 5.24. The number of ether oxygens (including phenoxy) is 3. The Morgan fingerprint density at radius 2 is 1.53 bits per heavy atom. The topological polar surface area (TPSA) is 73.9 Å². The highest BCUT2D eigenvalue weighted by Gasteiger charge is 2.15. The lowest BCUT2D eigenvalue weighted by Gasteiger charge is -2.11. The van der Waals surface area contributed by atoms with Crippen molar-refractivity contribution in [3.8, 4) is 17.2 Å². The third kappa shape index (κ3) is 6.87. The van der Waals surface area contributed by atoms with Crippen molar-refractivity contribution in [2.24, 2.45) is 0 Å². The van der Waals surface area contributed by atoms with Crippen LogP contribution >= 0.6 is 11.6 Å². The maximum absolute atomic E-state index is 12.6. The molecule has 182 valence electrons. The second-order valence-corrected chi connectivity index (χ2v) is 8.34. The summed E-state index contributed by atoms with van der Waals surface area (Å²) in [5.41, 5.74) is 2.40. The van der Waals surface area contributed by atoms with E-state index in [9.17, 15) is 9.59 Å². The minimum Gasteiger partial charge on any atom is -0.489 e. The summed E-state index contributed by atoms with van der Waals surface area (Å²) in [6.07, 6.45) is 0.117. The number of nitrogens with one attached hydrogen (secondary N) is 1. The molecule has 0 atom stereocenters. The van der Waals surface area contributed by atoms with Crippen molar-refractivity contribution in [1.29, 1.82) is 0 Å². The number of carbonyl (C=O) groups excluding carboxylic acids is 2. The van der Waals surface area contributed by atoms with Crippen molar-refractivity contribution >= 4 is 29.2 Å². The smallest absolute Gasteiger partial charge is 0.340 e. The normalized spacial score (nSPS) is 10.4. The average Bonchev–Trinajstić information content (AvgIpc) is 2.90. The molecule has 4 aromatic carbocycles. The van der Waals surface area contributed by atoms with Gasteiger partial charge < -0.3 is 19.5 Å². The summed E-state index contributed by atoms with van der Waals surface area (Å²) in [4.78, 5) is 24.5. The monoisotopic (exact) mass is 501 g/mol. The standard InChI is InChI=1S/C29H24ClNO5/c1-34-29(33)26-17-22(30)12-15-27(26)31-28(32)16-20-10-13-23(14-11-20)36-25-9-5-8-24(18-25)35-19-21-6-3-2-4-7-21/h2-15,17-18H,16,19H2,1H3,(H,31,32). The number of esters is 1. The molecule has 0 spiro atoms. The van der Waals surface area contributed by atoms with Crippen LogP contribution < -0.4 is 14.8 Å². The molecule has 0 aliphatic rings. The Kier molecular flexibility index (Phi) is 8.21. The Hall–Kier alpha value is -4.29. The summed E-state index contributed by atoms with van der Waals surface area (Å²) >= 11 is 5.97. The second-order valence-electron chi connectivity index (χ2n) is 7.90. The van der Waals surface area contributed by atoms with Crippen molar-refractivity contribution in [3.63, 3.8) is 0 Å². The van der Waals surface area contributed by atoms with Gasteiger partial charge in [-0.05, 0) is 53.6 Å². The van der Waals surface area contributed by atoms with Crippen LogP contribution in [0.25, 0.3) is 0 Å². The fourth-order valence-electron chi connectivity index (χ4n) is 3.46. The van der Waals surface area contributed by atoms with Crippen LogP contribution in [0.2, 0.25) is 5.02 Å². The van der Waals surface area contributed by atoms with Crippen molar-refractivity contribution < 1.29 is 23.8 Å². The Morgan fingerprint density at radius 3 is 2.28 bits per heavy atom. The number of hydrogen-bond donors (Lipinski definition) is 1. The first-order chi connectivity index (χ1) is 17.5. The molecule has 1 amide bonds. The zero-order valence-electron chi connectivity index (χ0n) is 19.6. The molecule has 0 fully saturated rings. The van der Waals surface area contributed by atoms with E-state index < -0.39 is 5.97 Å². The molecule has 7 heteroatoms. The summed E-state index contributed by atoms with van der Waals surface area (Å²) < 4.78 is 16.6. The Labute approximate surface area is 214 Å². The van der Waals surface area contributed by atoms with Gasteiger partial charge in [0.2, 0.25) is 5.91 Å². The van der Waals surface area contributed by atoms with Gasteiger partial charge in [0.1, 0.15) is 23.9 Å². The van der Waals surface area contributed by atoms with Crippen molar-refractivity contribution in [3.05, 3.63) is 119 Å². The maximum atomic E-state index is 12.6. The van der Waals surface area contributed by atoms with E-state index in [1.54, 1.807) is 24.3 Å². The third-order valence-corrected chi connectivity index (χ3v) is 5.47. The van der Waals surface area contributed by atoms with Crippen LogP contribution in [0.4, 0.5) is 5.69 Å². The molecule has 4 aromatic rings. The first-order valence-corrected chi connectivity index (χ1v) is 11.6. The van der Waals surface area contributed by atoms with Crippen LogP contribution in [0.15, 0.2) is 97.1 Å². The van der Waals surface area contributed by atoms with Gasteiger partial charge >= 0.3 is 5.97 Å². The number of hydrogen-bond acceptors (Lipinski definition) is 5. The van der Waals surface area contributed by atoms with Gasteiger partial charge in [-0.2, -0.15) is 0 Å². The van der Waals surface area contributed by atoms with Gasteiger partial charge in [0, 0.05) is 11.1 Å².